The number of amides is 1. The lowest BCUT2D eigenvalue weighted by molar-refractivity contribution is -0.139. The molecule has 0 aromatic heterocycles. The van der Waals surface area contributed by atoms with Crippen LogP contribution in [-0.4, -0.2) is 53.8 Å². The maximum atomic E-state index is 12.3. The fraction of sp³-hybridized carbons (Fsp3) is 0.722. The van der Waals surface area contributed by atoms with Crippen molar-refractivity contribution in [3.63, 3.8) is 0 Å². The first-order valence-corrected chi connectivity index (χ1v) is 9.10. The Morgan fingerprint density at radius 2 is 1.96 bits per heavy atom. The van der Waals surface area contributed by atoms with Crippen LogP contribution in [0.15, 0.2) is 16.6 Å². The monoisotopic (exact) mass is 369 g/mol. The number of ether oxygens (including phenoxy) is 2. The molecule has 1 aliphatic rings. The van der Waals surface area contributed by atoms with E-state index in [9.17, 15) is 9.59 Å². The van der Waals surface area contributed by atoms with E-state index in [2.05, 4.69) is 10.3 Å². The Hall–Kier alpha value is -1.93. The van der Waals surface area contributed by atoms with Gasteiger partial charge in [-0.25, -0.2) is 4.79 Å². The van der Waals surface area contributed by atoms with Gasteiger partial charge in [-0.05, 0) is 32.8 Å². The normalized spacial score (nSPS) is 23.4. The molecule has 1 amide bonds. The molecule has 0 radical (unpaired) electrons. The minimum atomic E-state index is -0.516. The number of esters is 1. The molecule has 0 aromatic carbocycles. The third-order valence-corrected chi connectivity index (χ3v) is 4.25. The summed E-state index contributed by atoms with van der Waals surface area (Å²) in [7, 11) is 0. The molecule has 1 rings (SSSR count). The molecule has 0 fully saturated rings. The predicted molar refractivity (Wildman–Crippen MR) is 98.0 cm³/mol. The molecule has 0 saturated carbocycles. The quantitative estimate of drug-likeness (QED) is 0.260. The molecule has 26 heavy (non-hydrogen) atoms. The number of hydroxylamine groups is 1. The Labute approximate surface area is 155 Å². The molecule has 0 heterocycles. The molecule has 1 aliphatic carbocycles. The lowest BCUT2D eigenvalue weighted by atomic mass is 9.87. The van der Waals surface area contributed by atoms with Crippen LogP contribution in [0, 0.1) is 0 Å². The molecular weight excluding hydrogens is 338 g/mol. The van der Waals surface area contributed by atoms with Crippen LogP contribution in [0.5, 0.6) is 0 Å². The molecule has 3 atom stereocenters. The van der Waals surface area contributed by atoms with Gasteiger partial charge in [0.2, 0.25) is 5.91 Å². The van der Waals surface area contributed by atoms with E-state index in [4.69, 9.17) is 14.7 Å². The summed E-state index contributed by atoms with van der Waals surface area (Å²) in [5.74, 6) is -0.339. The van der Waals surface area contributed by atoms with E-state index in [0.29, 0.717) is 5.57 Å². The van der Waals surface area contributed by atoms with Gasteiger partial charge < -0.3 is 14.8 Å². The Balaban J connectivity index is 3.25. The van der Waals surface area contributed by atoms with Gasteiger partial charge >= 0.3 is 5.97 Å². The molecule has 0 saturated heterocycles. The van der Waals surface area contributed by atoms with E-state index in [1.54, 1.807) is 19.9 Å². The van der Waals surface area contributed by atoms with E-state index in [-0.39, 0.29) is 30.9 Å². The van der Waals surface area contributed by atoms with Gasteiger partial charge in [-0.1, -0.05) is 13.8 Å². The molecule has 0 bridgehead atoms. The lowest BCUT2D eigenvalue weighted by Crippen LogP contribution is -2.53. The van der Waals surface area contributed by atoms with Crippen molar-refractivity contribution in [2.75, 3.05) is 6.61 Å². The maximum absolute atomic E-state index is 12.3. The topological polar surface area (TPSA) is 109 Å². The Morgan fingerprint density at radius 3 is 2.46 bits per heavy atom. The third kappa shape index (κ3) is 6.42. The summed E-state index contributed by atoms with van der Waals surface area (Å²) in [6, 6.07) is -0.920. The average Bonchev–Trinajstić information content (AvgIpc) is 2.61. The van der Waals surface area contributed by atoms with Gasteiger partial charge in [0.25, 0.3) is 0 Å². The van der Waals surface area contributed by atoms with E-state index in [1.165, 1.54) is 6.92 Å². The first-order valence-electron chi connectivity index (χ1n) is 9.10. The molecule has 148 valence electrons. The van der Waals surface area contributed by atoms with Crippen molar-refractivity contribution in [3.05, 3.63) is 11.6 Å². The summed E-state index contributed by atoms with van der Waals surface area (Å²) in [4.78, 5) is 28.4. The summed E-state index contributed by atoms with van der Waals surface area (Å²) in [5.41, 5.74) is 2.46. The fourth-order valence-electron chi connectivity index (χ4n) is 2.96. The number of aliphatic imine (C=N–C) groups is 1. The predicted octanol–water partition coefficient (Wildman–Crippen LogP) is 1.72. The highest BCUT2D eigenvalue weighted by atomic mass is 16.5. The van der Waals surface area contributed by atoms with Gasteiger partial charge in [0.05, 0.1) is 30.9 Å². The van der Waals surface area contributed by atoms with Gasteiger partial charge in [0.15, 0.2) is 0 Å². The molecule has 0 aromatic rings. The van der Waals surface area contributed by atoms with Gasteiger partial charge in [-0.15, -0.1) is 0 Å². The Morgan fingerprint density at radius 1 is 1.31 bits per heavy atom. The van der Waals surface area contributed by atoms with Crippen molar-refractivity contribution in [2.24, 2.45) is 4.99 Å². The van der Waals surface area contributed by atoms with Crippen molar-refractivity contribution in [3.8, 4) is 0 Å². The second-order valence-electron chi connectivity index (χ2n) is 6.28. The zero-order valence-corrected chi connectivity index (χ0v) is 16.2. The first-order chi connectivity index (χ1) is 12.4. The van der Waals surface area contributed by atoms with Crippen LogP contribution in [0.1, 0.15) is 53.9 Å². The van der Waals surface area contributed by atoms with E-state index in [0.717, 1.165) is 12.8 Å². The zero-order valence-electron chi connectivity index (χ0n) is 16.2. The van der Waals surface area contributed by atoms with Gasteiger partial charge in [0.1, 0.15) is 5.84 Å². The molecule has 8 heteroatoms. The second-order valence-corrected chi connectivity index (χ2v) is 6.28. The van der Waals surface area contributed by atoms with Crippen molar-refractivity contribution >= 4 is 17.7 Å². The summed E-state index contributed by atoms with van der Waals surface area (Å²) in [6.45, 7) is 9.09. The average molecular weight is 369 g/mol. The highest BCUT2D eigenvalue weighted by Gasteiger charge is 2.37. The third-order valence-electron chi connectivity index (χ3n) is 4.25. The largest absolute Gasteiger partial charge is 0.463 e. The number of hydrogen-bond donors (Lipinski definition) is 3. The number of carbonyl (C=O) groups is 2. The highest BCUT2D eigenvalue weighted by Crippen LogP contribution is 2.27. The number of nitrogens with zero attached hydrogens (tertiary/aromatic N) is 1. The molecule has 0 unspecified atom stereocenters. The SMILES string of the molecule is CCOC(=O)C1=C[C@@H](OC(CC)CC)[C@H](NC(C)=O)[C@@H](N=C(C)NO)C1. The minimum Gasteiger partial charge on any atom is -0.463 e. The Bertz CT molecular complexity index is 543. The fourth-order valence-corrected chi connectivity index (χ4v) is 2.96. The minimum absolute atomic E-state index is 0.00394. The Kier molecular flexibility index (Phi) is 9.29. The number of rotatable bonds is 8. The van der Waals surface area contributed by atoms with Gasteiger partial charge in [-0.2, -0.15) is 0 Å². The summed E-state index contributed by atoms with van der Waals surface area (Å²) in [5, 5.41) is 12.0. The van der Waals surface area contributed by atoms with Crippen molar-refractivity contribution in [1.82, 2.24) is 10.8 Å². The van der Waals surface area contributed by atoms with Gasteiger partial charge in [0, 0.05) is 18.9 Å². The zero-order chi connectivity index (χ0) is 19.7. The smallest absolute Gasteiger partial charge is 0.333 e. The number of amidine groups is 1. The highest BCUT2D eigenvalue weighted by molar-refractivity contribution is 5.89. The van der Waals surface area contributed by atoms with Crippen LogP contribution >= 0.6 is 0 Å². The van der Waals surface area contributed by atoms with Gasteiger partial charge in [-0.3, -0.25) is 20.5 Å². The number of hydrogen-bond acceptors (Lipinski definition) is 6. The van der Waals surface area contributed by atoms with Crippen molar-refractivity contribution in [1.29, 1.82) is 0 Å². The molecule has 8 nitrogen and oxygen atoms in total. The van der Waals surface area contributed by atoms with Crippen LogP contribution in [0.25, 0.3) is 0 Å². The first kappa shape index (κ1) is 22.1. The summed E-state index contributed by atoms with van der Waals surface area (Å²) >= 11 is 0. The molecule has 0 spiro atoms. The molecular formula is C18H31N3O5. The van der Waals surface area contributed by atoms with Crippen LogP contribution in [0.4, 0.5) is 0 Å². The van der Waals surface area contributed by atoms with E-state index < -0.39 is 24.2 Å². The standard InChI is InChI=1S/C18H31N3O5/c1-6-14(7-2)26-16-10-13(18(23)25-8-3)9-15(19-11(4)21-24)17(16)20-12(5)22/h10,14-17,24H,6-9H2,1-5H3,(H,19,21)(H,20,22)/t15-,16+,17+/m0/s1. The number of carbonyl (C=O) groups excluding carboxylic acids is 2. The van der Waals surface area contributed by atoms with Crippen LogP contribution in [0.3, 0.4) is 0 Å². The van der Waals surface area contributed by atoms with Crippen molar-refractivity contribution in [2.45, 2.75) is 78.2 Å². The second kappa shape index (κ2) is 10.9. The lowest BCUT2D eigenvalue weighted by Gasteiger charge is -2.36. The van der Waals surface area contributed by atoms with Crippen molar-refractivity contribution < 1.29 is 24.3 Å². The molecule has 3 N–H and O–H groups in total. The van der Waals surface area contributed by atoms with Crippen LogP contribution < -0.4 is 10.8 Å². The van der Waals surface area contributed by atoms with Crippen LogP contribution in [0.2, 0.25) is 0 Å². The summed E-state index contributed by atoms with van der Waals surface area (Å²) in [6.07, 6.45) is 3.12. The number of nitrogens with one attached hydrogen (secondary N) is 2. The molecule has 0 aliphatic heterocycles. The maximum Gasteiger partial charge on any atom is 0.333 e. The van der Waals surface area contributed by atoms with Crippen LogP contribution in [-0.2, 0) is 19.1 Å². The summed E-state index contributed by atoms with van der Waals surface area (Å²) < 4.78 is 11.3. The van der Waals surface area contributed by atoms with E-state index >= 15 is 0 Å². The van der Waals surface area contributed by atoms with E-state index in [1.807, 2.05) is 19.3 Å².